The van der Waals surface area contributed by atoms with Crippen molar-refractivity contribution >= 4 is 44.2 Å². The van der Waals surface area contributed by atoms with Crippen molar-refractivity contribution in [3.05, 3.63) is 58.4 Å². The normalized spacial score (nSPS) is 11.0. The molecule has 0 radical (unpaired) electrons. The van der Waals surface area contributed by atoms with E-state index in [-0.39, 0.29) is 5.91 Å². The Labute approximate surface area is 157 Å². The third kappa shape index (κ3) is 3.04. The van der Waals surface area contributed by atoms with Crippen molar-refractivity contribution in [3.63, 3.8) is 0 Å². The molecule has 0 fully saturated rings. The first-order chi connectivity index (χ1) is 12.5. The number of halogens is 1. The van der Waals surface area contributed by atoms with Crippen LogP contribution in [0, 0.1) is 13.8 Å². The Kier molecular flexibility index (Phi) is 4.14. The lowest BCUT2D eigenvalue weighted by Crippen LogP contribution is -2.15. The fourth-order valence-electron chi connectivity index (χ4n) is 2.75. The molecular formula is C17H13ClN6OS. The maximum Gasteiger partial charge on any atom is 0.259 e. The molecular weight excluding hydrogens is 372 g/mol. The highest BCUT2D eigenvalue weighted by atomic mass is 35.5. The number of aromatic nitrogens is 5. The Morgan fingerprint density at radius 3 is 2.85 bits per heavy atom. The predicted molar refractivity (Wildman–Crippen MR) is 101 cm³/mol. The SMILES string of the molecule is Cc1cc(C)c2nc(NC(=O)c3cc(Cl)ccc3-n3cnnn3)sc2c1. The Bertz CT molecular complexity index is 1120. The smallest absolute Gasteiger partial charge is 0.259 e. The summed E-state index contributed by atoms with van der Waals surface area (Å²) in [5.41, 5.74) is 4.02. The molecule has 0 aliphatic heterocycles. The van der Waals surface area contributed by atoms with Crippen molar-refractivity contribution in [1.29, 1.82) is 0 Å². The Morgan fingerprint density at radius 2 is 2.08 bits per heavy atom. The molecule has 0 aliphatic rings. The number of benzene rings is 2. The summed E-state index contributed by atoms with van der Waals surface area (Å²) >= 11 is 7.51. The van der Waals surface area contributed by atoms with Gasteiger partial charge in [-0.25, -0.2) is 4.98 Å². The van der Waals surface area contributed by atoms with Gasteiger partial charge in [0.25, 0.3) is 5.91 Å². The minimum Gasteiger partial charge on any atom is -0.298 e. The van der Waals surface area contributed by atoms with Crippen LogP contribution >= 0.6 is 22.9 Å². The summed E-state index contributed by atoms with van der Waals surface area (Å²) < 4.78 is 2.45. The zero-order chi connectivity index (χ0) is 18.3. The monoisotopic (exact) mass is 384 g/mol. The van der Waals surface area contributed by atoms with Gasteiger partial charge in [-0.2, -0.15) is 4.68 Å². The van der Waals surface area contributed by atoms with Gasteiger partial charge in [-0.15, -0.1) is 5.10 Å². The molecule has 0 saturated carbocycles. The number of fused-ring (bicyclic) bond motifs is 1. The van der Waals surface area contributed by atoms with Crippen molar-refractivity contribution in [2.45, 2.75) is 13.8 Å². The minimum absolute atomic E-state index is 0.327. The van der Waals surface area contributed by atoms with Crippen LogP contribution in [0.1, 0.15) is 21.5 Å². The van der Waals surface area contributed by atoms with Gasteiger partial charge in [-0.1, -0.05) is 29.0 Å². The molecule has 0 unspecified atom stereocenters. The molecule has 0 bridgehead atoms. The van der Waals surface area contributed by atoms with Crippen LogP contribution in [-0.4, -0.2) is 31.1 Å². The van der Waals surface area contributed by atoms with Crippen LogP contribution in [0.4, 0.5) is 5.13 Å². The van der Waals surface area contributed by atoms with E-state index in [9.17, 15) is 4.79 Å². The van der Waals surface area contributed by atoms with E-state index in [1.165, 1.54) is 22.3 Å². The summed E-state index contributed by atoms with van der Waals surface area (Å²) in [5, 5.41) is 14.9. The molecule has 4 rings (SSSR count). The molecule has 0 spiro atoms. The number of thiazole rings is 1. The van der Waals surface area contributed by atoms with Crippen LogP contribution in [0.3, 0.4) is 0 Å². The summed E-state index contributed by atoms with van der Waals surface area (Å²) in [6, 6.07) is 9.08. The molecule has 2 aromatic carbocycles. The van der Waals surface area contributed by atoms with Crippen molar-refractivity contribution < 1.29 is 4.79 Å². The topological polar surface area (TPSA) is 85.6 Å². The molecule has 2 heterocycles. The molecule has 0 saturated heterocycles. The van der Waals surface area contributed by atoms with E-state index in [1.807, 2.05) is 13.8 Å². The van der Waals surface area contributed by atoms with Gasteiger partial charge >= 0.3 is 0 Å². The van der Waals surface area contributed by atoms with Gasteiger partial charge in [0.1, 0.15) is 6.33 Å². The second-order valence-corrected chi connectivity index (χ2v) is 7.28. The highest BCUT2D eigenvalue weighted by Gasteiger charge is 2.17. The fraction of sp³-hybridized carbons (Fsp3) is 0.118. The molecule has 0 aliphatic carbocycles. The van der Waals surface area contributed by atoms with E-state index in [0.29, 0.717) is 21.4 Å². The number of hydrogen-bond donors (Lipinski definition) is 1. The summed E-state index contributed by atoms with van der Waals surface area (Å²) in [7, 11) is 0. The van der Waals surface area contributed by atoms with Gasteiger partial charge in [0.2, 0.25) is 0 Å². The average Bonchev–Trinajstić information content (AvgIpc) is 3.24. The van der Waals surface area contributed by atoms with E-state index in [4.69, 9.17) is 11.6 Å². The second kappa shape index (κ2) is 6.47. The van der Waals surface area contributed by atoms with Crippen molar-refractivity contribution in [1.82, 2.24) is 25.2 Å². The standard InChI is InChI=1S/C17H13ClN6OS/c1-9-5-10(2)15-14(6-9)26-17(20-15)21-16(25)12-7-11(18)3-4-13(12)24-8-19-22-23-24/h3-8H,1-2H3,(H,20,21,25). The number of nitrogens with one attached hydrogen (secondary N) is 1. The number of tetrazole rings is 1. The van der Waals surface area contributed by atoms with Crippen LogP contribution in [0.2, 0.25) is 5.02 Å². The van der Waals surface area contributed by atoms with Gasteiger partial charge in [0.05, 0.1) is 21.5 Å². The number of carbonyl (C=O) groups excluding carboxylic acids is 1. The maximum absolute atomic E-state index is 12.8. The Balaban J connectivity index is 1.71. The molecule has 130 valence electrons. The molecule has 4 aromatic rings. The number of carbonyl (C=O) groups is 1. The largest absolute Gasteiger partial charge is 0.298 e. The van der Waals surface area contributed by atoms with Crippen LogP contribution in [-0.2, 0) is 0 Å². The van der Waals surface area contributed by atoms with Gasteiger partial charge in [0.15, 0.2) is 5.13 Å². The predicted octanol–water partition coefficient (Wildman–Crippen LogP) is 3.79. The zero-order valence-corrected chi connectivity index (χ0v) is 15.5. The lowest BCUT2D eigenvalue weighted by atomic mass is 10.1. The van der Waals surface area contributed by atoms with E-state index in [1.54, 1.807) is 18.2 Å². The van der Waals surface area contributed by atoms with Crippen LogP contribution in [0.15, 0.2) is 36.7 Å². The molecule has 0 atom stereocenters. The fourth-order valence-corrected chi connectivity index (χ4v) is 3.96. The third-order valence-electron chi connectivity index (χ3n) is 3.85. The summed E-state index contributed by atoms with van der Waals surface area (Å²) in [5.74, 6) is -0.327. The Hall–Kier alpha value is -2.84. The van der Waals surface area contributed by atoms with E-state index >= 15 is 0 Å². The van der Waals surface area contributed by atoms with E-state index in [0.717, 1.165) is 21.3 Å². The molecule has 9 heteroatoms. The Morgan fingerprint density at radius 1 is 1.23 bits per heavy atom. The second-order valence-electron chi connectivity index (χ2n) is 5.82. The maximum atomic E-state index is 12.8. The first-order valence-corrected chi connectivity index (χ1v) is 8.93. The third-order valence-corrected chi connectivity index (χ3v) is 5.00. The first kappa shape index (κ1) is 16.6. The van der Waals surface area contributed by atoms with Crippen LogP contribution in [0.5, 0.6) is 0 Å². The minimum atomic E-state index is -0.327. The lowest BCUT2D eigenvalue weighted by Gasteiger charge is -2.08. The summed E-state index contributed by atoms with van der Waals surface area (Å²) in [4.78, 5) is 17.4. The van der Waals surface area contributed by atoms with Crippen molar-refractivity contribution in [3.8, 4) is 5.69 Å². The number of nitrogens with zero attached hydrogens (tertiary/aromatic N) is 5. The number of anilines is 1. The average molecular weight is 385 g/mol. The van der Waals surface area contributed by atoms with Crippen molar-refractivity contribution in [2.75, 3.05) is 5.32 Å². The molecule has 7 nitrogen and oxygen atoms in total. The number of rotatable bonds is 3. The van der Waals surface area contributed by atoms with Gasteiger partial charge in [0, 0.05) is 5.02 Å². The quantitative estimate of drug-likeness (QED) is 0.580. The highest BCUT2D eigenvalue weighted by molar-refractivity contribution is 7.22. The summed E-state index contributed by atoms with van der Waals surface area (Å²) in [6.45, 7) is 4.04. The number of aryl methyl sites for hydroxylation is 2. The van der Waals surface area contributed by atoms with E-state index < -0.39 is 0 Å². The van der Waals surface area contributed by atoms with E-state index in [2.05, 4.69) is 38.0 Å². The van der Waals surface area contributed by atoms with Crippen LogP contribution in [0.25, 0.3) is 15.9 Å². The number of amides is 1. The molecule has 1 amide bonds. The van der Waals surface area contributed by atoms with Gasteiger partial charge in [-0.3, -0.25) is 10.1 Å². The lowest BCUT2D eigenvalue weighted by molar-refractivity contribution is 0.102. The molecule has 1 N–H and O–H groups in total. The zero-order valence-electron chi connectivity index (χ0n) is 13.9. The van der Waals surface area contributed by atoms with Gasteiger partial charge < -0.3 is 0 Å². The van der Waals surface area contributed by atoms with Crippen LogP contribution < -0.4 is 5.32 Å². The molecule has 26 heavy (non-hydrogen) atoms. The molecule has 2 aromatic heterocycles. The van der Waals surface area contributed by atoms with Crippen molar-refractivity contribution in [2.24, 2.45) is 0 Å². The highest BCUT2D eigenvalue weighted by Crippen LogP contribution is 2.30. The van der Waals surface area contributed by atoms with Gasteiger partial charge in [-0.05, 0) is 59.7 Å². The summed E-state index contributed by atoms with van der Waals surface area (Å²) in [6.07, 6.45) is 1.42. The first-order valence-electron chi connectivity index (χ1n) is 7.73. The number of hydrogen-bond acceptors (Lipinski definition) is 6.